The molecule has 2 aromatic carbocycles. The number of ether oxygens (including phenoxy) is 1. The number of nitrogens with zero attached hydrogens (tertiary/aromatic N) is 2. The lowest BCUT2D eigenvalue weighted by Crippen LogP contribution is -2.22. The molecule has 2 aliphatic rings. The Bertz CT molecular complexity index is 1210. The SMILES string of the molecule is C[Si](C)(C)CCOCn1nc(I)c2ccc([C@@H]3CC34C(=O)Nc3ccc(F)cc34)cc21. The van der Waals surface area contributed by atoms with Crippen LogP contribution in [-0.2, 0) is 21.7 Å². The molecular formula is C23H25FIN3O2Si. The fourth-order valence-electron chi connectivity index (χ4n) is 4.56. The quantitative estimate of drug-likeness (QED) is 0.252. The van der Waals surface area contributed by atoms with E-state index in [1.807, 2.05) is 4.68 Å². The van der Waals surface area contributed by atoms with Gasteiger partial charge >= 0.3 is 0 Å². The van der Waals surface area contributed by atoms with Crippen LogP contribution in [0.1, 0.15) is 23.5 Å². The Labute approximate surface area is 195 Å². The van der Waals surface area contributed by atoms with E-state index in [1.54, 1.807) is 6.07 Å². The summed E-state index contributed by atoms with van der Waals surface area (Å²) < 4.78 is 22.7. The van der Waals surface area contributed by atoms with Gasteiger partial charge in [0.1, 0.15) is 16.2 Å². The number of benzene rings is 2. The summed E-state index contributed by atoms with van der Waals surface area (Å²) in [6.07, 6.45) is 0.693. The van der Waals surface area contributed by atoms with Crippen molar-refractivity contribution < 1.29 is 13.9 Å². The summed E-state index contributed by atoms with van der Waals surface area (Å²) >= 11 is 2.25. The molecule has 1 saturated carbocycles. The molecule has 1 fully saturated rings. The smallest absolute Gasteiger partial charge is 0.235 e. The van der Waals surface area contributed by atoms with Crippen molar-refractivity contribution in [2.45, 2.75) is 50.2 Å². The number of anilines is 1. The number of carbonyl (C=O) groups is 1. The molecule has 0 saturated heterocycles. The summed E-state index contributed by atoms with van der Waals surface area (Å²) in [5.41, 5.74) is 2.94. The van der Waals surface area contributed by atoms with Gasteiger partial charge in [0.15, 0.2) is 0 Å². The number of halogens is 2. The number of hydrogen-bond acceptors (Lipinski definition) is 3. The predicted octanol–water partition coefficient (Wildman–Crippen LogP) is 5.47. The Hall–Kier alpha value is -1.78. The van der Waals surface area contributed by atoms with Gasteiger partial charge in [0.05, 0.1) is 10.9 Å². The molecule has 2 heterocycles. The van der Waals surface area contributed by atoms with Crippen molar-refractivity contribution in [1.82, 2.24) is 9.78 Å². The van der Waals surface area contributed by atoms with Crippen molar-refractivity contribution >= 4 is 53.2 Å². The molecule has 2 atom stereocenters. The van der Waals surface area contributed by atoms with E-state index < -0.39 is 13.5 Å². The van der Waals surface area contributed by atoms with Gasteiger partial charge in [0.25, 0.3) is 0 Å². The zero-order valence-corrected chi connectivity index (χ0v) is 21.0. The molecule has 1 amide bonds. The van der Waals surface area contributed by atoms with Crippen LogP contribution in [0.5, 0.6) is 0 Å². The maximum atomic E-state index is 13.9. The molecule has 8 heteroatoms. The molecule has 0 bridgehead atoms. The fraction of sp³-hybridized carbons (Fsp3) is 0.391. The van der Waals surface area contributed by atoms with Crippen LogP contribution in [0.15, 0.2) is 36.4 Å². The van der Waals surface area contributed by atoms with Gasteiger partial charge in [-0.1, -0.05) is 25.7 Å². The number of fused-ring (bicyclic) bond motifs is 3. The molecule has 162 valence electrons. The van der Waals surface area contributed by atoms with Gasteiger partial charge in [0.2, 0.25) is 5.91 Å². The lowest BCUT2D eigenvalue weighted by Gasteiger charge is -2.15. The molecule has 31 heavy (non-hydrogen) atoms. The summed E-state index contributed by atoms with van der Waals surface area (Å²) in [5, 5.41) is 8.67. The molecule has 1 aromatic heterocycles. The van der Waals surface area contributed by atoms with Crippen LogP contribution in [0.3, 0.4) is 0 Å². The molecule has 1 N–H and O–H groups in total. The van der Waals surface area contributed by atoms with Crippen molar-refractivity contribution in [2.24, 2.45) is 0 Å². The number of aromatic nitrogens is 2. The average molecular weight is 549 g/mol. The monoisotopic (exact) mass is 549 g/mol. The van der Waals surface area contributed by atoms with Crippen molar-refractivity contribution in [2.75, 3.05) is 11.9 Å². The summed E-state index contributed by atoms with van der Waals surface area (Å²) in [4.78, 5) is 12.8. The van der Waals surface area contributed by atoms with E-state index in [1.165, 1.54) is 12.1 Å². The van der Waals surface area contributed by atoms with Crippen LogP contribution in [-0.4, -0.2) is 30.4 Å². The van der Waals surface area contributed by atoms with Gasteiger partial charge in [0, 0.05) is 31.7 Å². The normalized spacial score (nSPS) is 22.2. The first kappa shape index (κ1) is 21.1. The third-order valence-corrected chi connectivity index (χ3v) is 8.92. The number of nitrogens with one attached hydrogen (secondary N) is 1. The minimum atomic E-state index is -1.14. The van der Waals surface area contributed by atoms with Crippen molar-refractivity contribution in [3.05, 3.63) is 57.0 Å². The minimum Gasteiger partial charge on any atom is -0.360 e. The third-order valence-electron chi connectivity index (χ3n) is 6.42. The second kappa shape index (κ2) is 7.38. The van der Waals surface area contributed by atoms with E-state index in [4.69, 9.17) is 4.74 Å². The summed E-state index contributed by atoms with van der Waals surface area (Å²) in [5.74, 6) is -0.302. The van der Waals surface area contributed by atoms with Crippen LogP contribution in [0.4, 0.5) is 10.1 Å². The molecule has 1 spiro atoms. The Morgan fingerprint density at radius 3 is 2.87 bits per heavy atom. The summed E-state index contributed by atoms with van der Waals surface area (Å²) in [7, 11) is -1.14. The number of hydrogen-bond donors (Lipinski definition) is 1. The van der Waals surface area contributed by atoms with Crippen molar-refractivity contribution in [3.63, 3.8) is 0 Å². The predicted molar refractivity (Wildman–Crippen MR) is 131 cm³/mol. The van der Waals surface area contributed by atoms with Crippen LogP contribution in [0.2, 0.25) is 25.7 Å². The topological polar surface area (TPSA) is 56.2 Å². The molecule has 0 radical (unpaired) electrons. The number of rotatable bonds is 6. The molecule has 1 aliphatic carbocycles. The van der Waals surface area contributed by atoms with E-state index in [9.17, 15) is 9.18 Å². The number of carbonyl (C=O) groups excluding carboxylic acids is 1. The van der Waals surface area contributed by atoms with Gasteiger partial charge in [-0.25, -0.2) is 9.07 Å². The van der Waals surface area contributed by atoms with Gasteiger partial charge in [-0.3, -0.25) is 4.79 Å². The second-order valence-corrected chi connectivity index (χ2v) is 16.4. The van der Waals surface area contributed by atoms with Gasteiger partial charge in [-0.2, -0.15) is 5.10 Å². The van der Waals surface area contributed by atoms with E-state index >= 15 is 0 Å². The zero-order valence-electron chi connectivity index (χ0n) is 17.8. The van der Waals surface area contributed by atoms with Gasteiger partial charge in [-0.05, 0) is 76.5 Å². The first-order valence-corrected chi connectivity index (χ1v) is 15.3. The standard InChI is InChI=1S/C23H25FIN3O2Si/c1-31(2,3)9-8-30-13-28-20-10-14(4-6-16(20)21(25)27-28)18-12-23(18)17-11-15(24)5-7-19(17)26-22(23)29/h4-7,10-11,18H,8-9,12-13H2,1-3H3,(H,26,29)/t18-,23?/m0/s1. The fourth-order valence-corrected chi connectivity index (χ4v) is 6.03. The Morgan fingerprint density at radius 2 is 2.10 bits per heavy atom. The highest BCUT2D eigenvalue weighted by atomic mass is 127. The zero-order chi connectivity index (χ0) is 22.0. The Morgan fingerprint density at radius 1 is 1.29 bits per heavy atom. The van der Waals surface area contributed by atoms with Gasteiger partial charge < -0.3 is 10.1 Å². The highest BCUT2D eigenvalue weighted by Gasteiger charge is 2.65. The van der Waals surface area contributed by atoms with E-state index in [0.29, 0.717) is 13.2 Å². The lowest BCUT2D eigenvalue weighted by atomic mass is 9.92. The van der Waals surface area contributed by atoms with E-state index in [0.717, 1.165) is 44.1 Å². The number of amides is 1. The van der Waals surface area contributed by atoms with Crippen LogP contribution < -0.4 is 5.32 Å². The maximum absolute atomic E-state index is 13.9. The molecule has 1 unspecified atom stereocenters. The molecule has 1 aliphatic heterocycles. The van der Waals surface area contributed by atoms with Crippen LogP contribution >= 0.6 is 22.6 Å². The highest BCUT2D eigenvalue weighted by molar-refractivity contribution is 14.1. The van der Waals surface area contributed by atoms with Crippen molar-refractivity contribution in [1.29, 1.82) is 0 Å². The minimum absolute atomic E-state index is 0.0315. The maximum Gasteiger partial charge on any atom is 0.235 e. The van der Waals surface area contributed by atoms with E-state index in [-0.39, 0.29) is 17.6 Å². The lowest BCUT2D eigenvalue weighted by molar-refractivity contribution is -0.118. The van der Waals surface area contributed by atoms with E-state index in [2.05, 4.69) is 70.8 Å². The average Bonchev–Trinajstić information content (AvgIpc) is 3.31. The largest absolute Gasteiger partial charge is 0.360 e. The first-order chi connectivity index (χ1) is 14.7. The van der Waals surface area contributed by atoms with Gasteiger partial charge in [-0.15, -0.1) is 0 Å². The summed E-state index contributed by atoms with van der Waals surface area (Å²) in [6.45, 7) is 8.16. The summed E-state index contributed by atoms with van der Waals surface area (Å²) in [6, 6.07) is 11.9. The van der Waals surface area contributed by atoms with Crippen LogP contribution in [0, 0.1) is 9.52 Å². The molecule has 5 rings (SSSR count). The third kappa shape index (κ3) is 3.62. The first-order valence-electron chi connectivity index (χ1n) is 10.5. The molecule has 5 nitrogen and oxygen atoms in total. The van der Waals surface area contributed by atoms with Crippen LogP contribution in [0.25, 0.3) is 10.9 Å². The highest BCUT2D eigenvalue weighted by Crippen LogP contribution is 2.65. The molecular weight excluding hydrogens is 524 g/mol. The van der Waals surface area contributed by atoms with Crippen molar-refractivity contribution in [3.8, 4) is 0 Å². The second-order valence-electron chi connectivity index (χ2n) is 9.79. The Kier molecular flexibility index (Phi) is 5.02. The molecule has 3 aromatic rings. The Balaban J connectivity index is 1.43.